The molecule has 1 aliphatic rings. The number of fused-ring (bicyclic) bond motifs is 1. The van der Waals surface area contributed by atoms with Crippen molar-refractivity contribution in [3.63, 3.8) is 0 Å². The molecule has 0 spiro atoms. The zero-order chi connectivity index (χ0) is 30.8. The highest BCUT2D eigenvalue weighted by molar-refractivity contribution is 7.92. The van der Waals surface area contributed by atoms with E-state index in [9.17, 15) is 18.0 Å². The molecule has 9 nitrogen and oxygen atoms in total. The number of hydrogen-bond donors (Lipinski definition) is 1. The van der Waals surface area contributed by atoms with E-state index in [1.54, 1.807) is 23.1 Å². The third-order valence-electron chi connectivity index (χ3n) is 7.43. The molecule has 2 atom stereocenters. The number of rotatable bonds is 14. The van der Waals surface area contributed by atoms with E-state index >= 15 is 0 Å². The van der Waals surface area contributed by atoms with Crippen LogP contribution in [0.15, 0.2) is 78.9 Å². The van der Waals surface area contributed by atoms with Crippen molar-refractivity contribution in [1.82, 2.24) is 10.2 Å². The minimum Gasteiger partial charge on any atom is -0.486 e. The highest BCUT2D eigenvalue weighted by atomic mass is 32.2. The van der Waals surface area contributed by atoms with Gasteiger partial charge in [-0.25, -0.2) is 8.42 Å². The molecule has 230 valence electrons. The second kappa shape index (κ2) is 14.9. The van der Waals surface area contributed by atoms with Crippen LogP contribution < -0.4 is 19.1 Å². The Kier molecular flexibility index (Phi) is 11.1. The molecule has 4 rings (SSSR count). The molecular weight excluding hydrogens is 566 g/mol. The number of nitrogens with zero attached hydrogens (tertiary/aromatic N) is 2. The van der Waals surface area contributed by atoms with Gasteiger partial charge in [-0.2, -0.15) is 0 Å². The van der Waals surface area contributed by atoms with Gasteiger partial charge in [0.1, 0.15) is 19.3 Å². The average Bonchev–Trinajstić information content (AvgIpc) is 3.01. The Hall–Kier alpha value is -4.05. The number of carbonyl (C=O) groups excluding carboxylic acids is 2. The van der Waals surface area contributed by atoms with Gasteiger partial charge in [-0.05, 0) is 43.0 Å². The molecule has 0 unspecified atom stereocenters. The minimum atomic E-state index is -3.65. The molecule has 43 heavy (non-hydrogen) atoms. The molecule has 1 aliphatic heterocycles. The fraction of sp³-hybridized carbons (Fsp3) is 0.394. The van der Waals surface area contributed by atoms with E-state index in [-0.39, 0.29) is 43.8 Å². The number of carbonyl (C=O) groups is 2. The van der Waals surface area contributed by atoms with E-state index in [1.807, 2.05) is 74.5 Å². The van der Waals surface area contributed by atoms with Crippen molar-refractivity contribution in [1.29, 1.82) is 0 Å². The van der Waals surface area contributed by atoms with Crippen LogP contribution in [0.4, 0.5) is 5.69 Å². The predicted molar refractivity (Wildman–Crippen MR) is 168 cm³/mol. The zero-order valence-corrected chi connectivity index (χ0v) is 25.9. The second-order valence-electron chi connectivity index (χ2n) is 10.8. The second-order valence-corrected chi connectivity index (χ2v) is 12.7. The van der Waals surface area contributed by atoms with E-state index in [1.165, 1.54) is 4.31 Å². The molecule has 1 N–H and O–H groups in total. The topological polar surface area (TPSA) is 105 Å². The lowest BCUT2D eigenvalue weighted by Crippen LogP contribution is -2.52. The van der Waals surface area contributed by atoms with Gasteiger partial charge in [-0.3, -0.25) is 13.9 Å². The summed E-state index contributed by atoms with van der Waals surface area (Å²) < 4.78 is 38.1. The van der Waals surface area contributed by atoms with Gasteiger partial charge in [0.05, 0.1) is 11.9 Å². The van der Waals surface area contributed by atoms with E-state index in [2.05, 4.69) is 5.32 Å². The number of sulfonamides is 1. The summed E-state index contributed by atoms with van der Waals surface area (Å²) in [5.74, 6) is 0.616. The Bertz CT molecular complexity index is 1470. The van der Waals surface area contributed by atoms with Crippen LogP contribution >= 0.6 is 0 Å². The average molecular weight is 608 g/mol. The molecule has 0 saturated carbocycles. The molecule has 1 heterocycles. The van der Waals surface area contributed by atoms with Crippen LogP contribution in [0.3, 0.4) is 0 Å². The van der Waals surface area contributed by atoms with Crippen molar-refractivity contribution in [2.24, 2.45) is 0 Å². The summed E-state index contributed by atoms with van der Waals surface area (Å²) in [6.45, 7) is 5.10. The fourth-order valence-electron chi connectivity index (χ4n) is 4.97. The van der Waals surface area contributed by atoms with Crippen LogP contribution in [0.25, 0.3) is 0 Å². The van der Waals surface area contributed by atoms with Gasteiger partial charge in [0.15, 0.2) is 11.5 Å². The van der Waals surface area contributed by atoms with E-state index < -0.39 is 16.1 Å². The number of hydrogen-bond acceptors (Lipinski definition) is 6. The number of benzene rings is 3. The Morgan fingerprint density at radius 3 is 2.16 bits per heavy atom. The molecule has 0 fully saturated rings. The molecule has 0 radical (unpaired) electrons. The first-order valence-corrected chi connectivity index (χ1v) is 16.6. The monoisotopic (exact) mass is 607 g/mol. The maximum absolute atomic E-state index is 13.9. The van der Waals surface area contributed by atoms with Gasteiger partial charge in [-0.15, -0.1) is 0 Å². The molecule has 0 aliphatic carbocycles. The normalized spacial score (nSPS) is 13.9. The Balaban J connectivity index is 1.56. The number of nitrogens with one attached hydrogen (secondary N) is 1. The van der Waals surface area contributed by atoms with Crippen molar-refractivity contribution in [3.8, 4) is 11.5 Å². The Morgan fingerprint density at radius 2 is 1.53 bits per heavy atom. The van der Waals surface area contributed by atoms with E-state index in [4.69, 9.17) is 9.47 Å². The van der Waals surface area contributed by atoms with Crippen molar-refractivity contribution in [2.75, 3.05) is 30.3 Å². The summed E-state index contributed by atoms with van der Waals surface area (Å²) >= 11 is 0. The largest absolute Gasteiger partial charge is 0.486 e. The lowest BCUT2D eigenvalue weighted by Gasteiger charge is -2.32. The van der Waals surface area contributed by atoms with Crippen LogP contribution in [-0.4, -0.2) is 63.2 Å². The Morgan fingerprint density at radius 1 is 0.907 bits per heavy atom. The van der Waals surface area contributed by atoms with Gasteiger partial charge < -0.3 is 19.7 Å². The first-order chi connectivity index (χ1) is 20.7. The molecular formula is C33H41N3O6S. The van der Waals surface area contributed by atoms with Crippen molar-refractivity contribution in [3.05, 3.63) is 90.0 Å². The van der Waals surface area contributed by atoms with Gasteiger partial charge in [0, 0.05) is 38.0 Å². The summed E-state index contributed by atoms with van der Waals surface area (Å²) in [6, 6.07) is 23.4. The van der Waals surface area contributed by atoms with E-state index in [0.717, 1.165) is 23.8 Å². The molecule has 0 saturated heterocycles. The third-order valence-corrected chi connectivity index (χ3v) is 8.63. The standard InChI is InChI=1S/C33H41N3O6S/c1-4-25(2)34-33(38)29(22-26-12-7-5-8-13-26)35(24-27-14-9-6-10-15-27)32(37)16-11-19-36(43(3,39)40)28-17-18-30-31(23-28)42-21-20-41-30/h5-10,12-15,17-18,23,25,29H,4,11,16,19-22,24H2,1-3H3,(H,34,38)/t25-,29+/m1/s1. The molecule has 3 aromatic carbocycles. The van der Waals surface area contributed by atoms with Crippen molar-refractivity contribution < 1.29 is 27.5 Å². The summed E-state index contributed by atoms with van der Waals surface area (Å²) in [7, 11) is -3.65. The van der Waals surface area contributed by atoms with Gasteiger partial charge in [0.2, 0.25) is 21.8 Å². The third kappa shape index (κ3) is 8.97. The van der Waals surface area contributed by atoms with Crippen LogP contribution in [0, 0.1) is 0 Å². The van der Waals surface area contributed by atoms with Gasteiger partial charge in [-0.1, -0.05) is 67.6 Å². The summed E-state index contributed by atoms with van der Waals surface area (Å²) in [5.41, 5.74) is 2.29. The Labute approximate surface area is 254 Å². The van der Waals surface area contributed by atoms with Crippen LogP contribution in [0.2, 0.25) is 0 Å². The quantitative estimate of drug-likeness (QED) is 0.288. The zero-order valence-electron chi connectivity index (χ0n) is 25.1. The molecule has 2 amide bonds. The summed E-state index contributed by atoms with van der Waals surface area (Å²) in [5, 5.41) is 3.07. The van der Waals surface area contributed by atoms with Gasteiger partial charge >= 0.3 is 0 Å². The lowest BCUT2D eigenvalue weighted by atomic mass is 10.0. The van der Waals surface area contributed by atoms with Crippen LogP contribution in [-0.2, 0) is 32.6 Å². The number of ether oxygens (including phenoxy) is 2. The van der Waals surface area contributed by atoms with Crippen molar-refractivity contribution in [2.45, 2.75) is 58.2 Å². The van der Waals surface area contributed by atoms with Crippen LogP contribution in [0.5, 0.6) is 11.5 Å². The first-order valence-electron chi connectivity index (χ1n) is 14.7. The number of anilines is 1. The highest BCUT2D eigenvalue weighted by Gasteiger charge is 2.31. The predicted octanol–water partition coefficient (Wildman–Crippen LogP) is 4.56. The lowest BCUT2D eigenvalue weighted by molar-refractivity contribution is -0.141. The first kappa shape index (κ1) is 31.9. The van der Waals surface area contributed by atoms with Crippen molar-refractivity contribution >= 4 is 27.5 Å². The molecule has 3 aromatic rings. The molecule has 0 bridgehead atoms. The summed E-state index contributed by atoms with van der Waals surface area (Å²) in [6.07, 6.45) is 2.58. The summed E-state index contributed by atoms with van der Waals surface area (Å²) in [4.78, 5) is 29.2. The maximum atomic E-state index is 13.9. The smallest absolute Gasteiger partial charge is 0.243 e. The molecule has 0 aromatic heterocycles. The SMILES string of the molecule is CC[C@@H](C)NC(=O)[C@H](Cc1ccccc1)N(Cc1ccccc1)C(=O)CCCN(c1ccc2c(c1)OCCO2)S(C)(=O)=O. The fourth-order valence-corrected chi connectivity index (χ4v) is 5.92. The maximum Gasteiger partial charge on any atom is 0.243 e. The van der Waals surface area contributed by atoms with Crippen LogP contribution in [0.1, 0.15) is 44.2 Å². The highest BCUT2D eigenvalue weighted by Crippen LogP contribution is 2.34. The number of amides is 2. The van der Waals surface area contributed by atoms with Gasteiger partial charge in [0.25, 0.3) is 0 Å². The van der Waals surface area contributed by atoms with E-state index in [0.29, 0.717) is 36.8 Å². The molecule has 10 heteroatoms. The minimum absolute atomic E-state index is 0.0474.